The molecule has 2 aromatic carbocycles. The van der Waals surface area contributed by atoms with Crippen molar-refractivity contribution in [3.8, 4) is 22.8 Å². The normalized spacial score (nSPS) is 10.5. The number of phenols is 1. The summed E-state index contributed by atoms with van der Waals surface area (Å²) >= 11 is 0. The number of hydrogen-bond acceptors (Lipinski definition) is 5. The minimum atomic E-state index is -0.367. The molecule has 0 unspecified atom stereocenters. The molecule has 0 aliphatic carbocycles. The van der Waals surface area contributed by atoms with Crippen LogP contribution in [0.4, 0.5) is 0 Å². The van der Waals surface area contributed by atoms with Gasteiger partial charge in [0, 0.05) is 36.9 Å². The quantitative estimate of drug-likeness (QED) is 0.592. The number of nitrogens with zero attached hydrogens (tertiary/aromatic N) is 1. The fraction of sp³-hybridized carbons (Fsp3) is 0.130. The maximum absolute atomic E-state index is 12.5. The van der Waals surface area contributed by atoms with Gasteiger partial charge in [0.15, 0.2) is 12.0 Å². The van der Waals surface area contributed by atoms with E-state index in [0.29, 0.717) is 18.8 Å². The highest BCUT2D eigenvalue weighted by atomic mass is 16.5. The van der Waals surface area contributed by atoms with Gasteiger partial charge in [0.1, 0.15) is 28.2 Å². The maximum atomic E-state index is 12.5. The predicted octanol–water partition coefficient (Wildman–Crippen LogP) is 3.75. The fourth-order valence-corrected chi connectivity index (χ4v) is 2.90. The Bertz CT molecular complexity index is 1090. The Labute approximate surface area is 168 Å². The summed E-state index contributed by atoms with van der Waals surface area (Å²) in [6.45, 7) is 7.75. The van der Waals surface area contributed by atoms with E-state index in [1.807, 2.05) is 30.3 Å². The van der Waals surface area contributed by atoms with Crippen LogP contribution in [0.2, 0.25) is 0 Å². The molecule has 0 atom stereocenters. The number of benzene rings is 2. The molecule has 148 valence electrons. The summed E-state index contributed by atoms with van der Waals surface area (Å²) in [4.78, 5) is 26.3. The number of hydrogen-bond donors (Lipinski definition) is 1. The van der Waals surface area contributed by atoms with Crippen molar-refractivity contribution in [1.29, 1.82) is 0 Å². The van der Waals surface area contributed by atoms with Crippen LogP contribution in [0.3, 0.4) is 0 Å². The molecule has 0 saturated carbocycles. The van der Waals surface area contributed by atoms with E-state index in [4.69, 9.17) is 9.15 Å². The van der Waals surface area contributed by atoms with Crippen LogP contribution in [0.5, 0.6) is 11.5 Å². The number of rotatable bonds is 8. The lowest BCUT2D eigenvalue weighted by atomic mass is 10.1. The standard InChI is InChI=1S/C23H21NO5/c1-3-10-24(11-4-2)22(27)15-28-17-12-18(25)23-19(26)14-20(29-21(23)13-17)16-8-6-5-7-9-16/h3-9,12-14,25H,1-2,10-11,15H2. The second-order valence-corrected chi connectivity index (χ2v) is 6.32. The van der Waals surface area contributed by atoms with Crippen molar-refractivity contribution < 1.29 is 19.1 Å². The molecule has 6 nitrogen and oxygen atoms in total. The summed E-state index contributed by atoms with van der Waals surface area (Å²) < 4.78 is 11.4. The Morgan fingerprint density at radius 2 is 1.79 bits per heavy atom. The minimum absolute atomic E-state index is 0.0586. The van der Waals surface area contributed by atoms with Gasteiger partial charge in [0.05, 0.1) is 0 Å². The summed E-state index contributed by atoms with van der Waals surface area (Å²) in [5.41, 5.74) is 0.540. The first-order valence-corrected chi connectivity index (χ1v) is 9.02. The molecule has 29 heavy (non-hydrogen) atoms. The van der Waals surface area contributed by atoms with Crippen LogP contribution in [0.25, 0.3) is 22.3 Å². The topological polar surface area (TPSA) is 80.0 Å². The van der Waals surface area contributed by atoms with Crippen molar-refractivity contribution >= 4 is 16.9 Å². The van der Waals surface area contributed by atoms with E-state index >= 15 is 0 Å². The zero-order valence-corrected chi connectivity index (χ0v) is 15.8. The Balaban J connectivity index is 1.90. The first kappa shape index (κ1) is 19.9. The van der Waals surface area contributed by atoms with Crippen LogP contribution in [-0.4, -0.2) is 35.6 Å². The van der Waals surface area contributed by atoms with Crippen LogP contribution < -0.4 is 10.2 Å². The summed E-state index contributed by atoms with van der Waals surface area (Å²) in [6, 6.07) is 13.3. The number of carbonyl (C=O) groups excluding carboxylic acids is 1. The number of ether oxygens (including phenoxy) is 1. The smallest absolute Gasteiger partial charge is 0.261 e. The van der Waals surface area contributed by atoms with Gasteiger partial charge < -0.3 is 19.2 Å². The van der Waals surface area contributed by atoms with Crippen LogP contribution in [-0.2, 0) is 4.79 Å². The van der Waals surface area contributed by atoms with E-state index in [1.54, 1.807) is 12.2 Å². The van der Waals surface area contributed by atoms with Gasteiger partial charge in [-0.15, -0.1) is 13.2 Å². The summed E-state index contributed by atoms with van der Waals surface area (Å²) in [6.07, 6.45) is 3.23. The molecule has 0 bridgehead atoms. The number of amides is 1. The van der Waals surface area contributed by atoms with Crippen molar-refractivity contribution in [3.05, 3.63) is 84.1 Å². The first-order chi connectivity index (χ1) is 14.0. The van der Waals surface area contributed by atoms with Crippen LogP contribution in [0, 0.1) is 0 Å². The number of carbonyl (C=O) groups is 1. The highest BCUT2D eigenvalue weighted by molar-refractivity contribution is 5.86. The molecule has 0 aliphatic heterocycles. The second kappa shape index (κ2) is 8.93. The average Bonchev–Trinajstić information content (AvgIpc) is 2.72. The van der Waals surface area contributed by atoms with E-state index in [1.165, 1.54) is 23.1 Å². The second-order valence-electron chi connectivity index (χ2n) is 6.32. The van der Waals surface area contributed by atoms with E-state index in [2.05, 4.69) is 13.2 Å². The summed E-state index contributed by atoms with van der Waals surface area (Å²) in [7, 11) is 0. The average molecular weight is 391 g/mol. The van der Waals surface area contributed by atoms with Crippen molar-refractivity contribution in [2.24, 2.45) is 0 Å². The molecule has 1 N–H and O–H groups in total. The first-order valence-electron chi connectivity index (χ1n) is 9.02. The SMILES string of the molecule is C=CCN(CC=C)C(=O)COc1cc(O)c2c(=O)cc(-c3ccccc3)oc2c1. The van der Waals surface area contributed by atoms with Gasteiger partial charge in [0.2, 0.25) is 0 Å². The Morgan fingerprint density at radius 1 is 1.10 bits per heavy atom. The summed E-state index contributed by atoms with van der Waals surface area (Å²) in [5.74, 6) is 0.0592. The minimum Gasteiger partial charge on any atom is -0.507 e. The number of aromatic hydroxyl groups is 1. The van der Waals surface area contributed by atoms with E-state index in [9.17, 15) is 14.7 Å². The third-order valence-electron chi connectivity index (χ3n) is 4.26. The van der Waals surface area contributed by atoms with E-state index < -0.39 is 0 Å². The largest absolute Gasteiger partial charge is 0.507 e. The molecule has 0 fully saturated rings. The molecule has 3 rings (SSSR count). The van der Waals surface area contributed by atoms with Crippen LogP contribution in [0.15, 0.2) is 83.1 Å². The highest BCUT2D eigenvalue weighted by Gasteiger charge is 2.15. The molecule has 1 amide bonds. The van der Waals surface area contributed by atoms with Gasteiger partial charge in [-0.05, 0) is 0 Å². The fourth-order valence-electron chi connectivity index (χ4n) is 2.90. The third kappa shape index (κ3) is 4.55. The molecule has 3 aromatic rings. The van der Waals surface area contributed by atoms with Crippen molar-refractivity contribution in [2.45, 2.75) is 0 Å². The van der Waals surface area contributed by atoms with Crippen LogP contribution in [0.1, 0.15) is 0 Å². The number of fused-ring (bicyclic) bond motifs is 1. The summed E-state index contributed by atoms with van der Waals surface area (Å²) in [5, 5.41) is 10.3. The Morgan fingerprint density at radius 3 is 2.45 bits per heavy atom. The van der Waals surface area contributed by atoms with Crippen molar-refractivity contribution in [2.75, 3.05) is 19.7 Å². The van der Waals surface area contributed by atoms with Gasteiger partial charge >= 0.3 is 0 Å². The molecule has 1 heterocycles. The Kier molecular flexibility index (Phi) is 6.14. The highest BCUT2D eigenvalue weighted by Crippen LogP contribution is 2.31. The van der Waals surface area contributed by atoms with Gasteiger partial charge in [0.25, 0.3) is 5.91 Å². The molecule has 0 spiro atoms. The van der Waals surface area contributed by atoms with Gasteiger partial charge in [-0.25, -0.2) is 0 Å². The molecule has 0 radical (unpaired) electrons. The molecule has 6 heteroatoms. The predicted molar refractivity (Wildman–Crippen MR) is 112 cm³/mol. The molecular formula is C23H21NO5. The third-order valence-corrected chi connectivity index (χ3v) is 4.26. The molecule has 0 saturated heterocycles. The van der Waals surface area contributed by atoms with Crippen LogP contribution >= 0.6 is 0 Å². The maximum Gasteiger partial charge on any atom is 0.261 e. The van der Waals surface area contributed by atoms with Gasteiger partial charge in [-0.2, -0.15) is 0 Å². The van der Waals surface area contributed by atoms with Crippen molar-refractivity contribution in [1.82, 2.24) is 4.90 Å². The monoisotopic (exact) mass is 391 g/mol. The lowest BCUT2D eigenvalue weighted by molar-refractivity contribution is -0.132. The lowest BCUT2D eigenvalue weighted by Crippen LogP contribution is -2.35. The Hall–Kier alpha value is -3.80. The zero-order chi connectivity index (χ0) is 20.8. The van der Waals surface area contributed by atoms with Gasteiger partial charge in [-0.3, -0.25) is 9.59 Å². The van der Waals surface area contributed by atoms with E-state index in [0.717, 1.165) is 5.56 Å². The zero-order valence-electron chi connectivity index (χ0n) is 15.8. The molecular weight excluding hydrogens is 370 g/mol. The molecule has 0 aliphatic rings. The van der Waals surface area contributed by atoms with Gasteiger partial charge in [-0.1, -0.05) is 42.5 Å². The number of phenolic OH excluding ortho intramolecular Hbond substituents is 1. The lowest BCUT2D eigenvalue weighted by Gasteiger charge is -2.19. The van der Waals surface area contributed by atoms with E-state index in [-0.39, 0.29) is 40.4 Å². The molecule has 1 aromatic heterocycles. The van der Waals surface area contributed by atoms with Crippen molar-refractivity contribution in [3.63, 3.8) is 0 Å².